The number of para-hydroxylation sites is 1. The number of hydrogen-bond donors (Lipinski definition) is 2. The first-order chi connectivity index (χ1) is 11.3. The summed E-state index contributed by atoms with van der Waals surface area (Å²) in [6, 6.07) is 15.4. The van der Waals surface area contributed by atoms with Crippen LogP contribution in [0, 0.1) is 0 Å². The largest absolute Gasteiger partial charge is 0.353 e. The molecule has 0 aliphatic carbocycles. The molecule has 0 saturated heterocycles. The fraction of sp³-hybridized carbons (Fsp3) is 0. The van der Waals surface area contributed by atoms with Crippen molar-refractivity contribution in [1.29, 1.82) is 0 Å². The third-order valence-electron chi connectivity index (χ3n) is 3.40. The van der Waals surface area contributed by atoms with Gasteiger partial charge in [-0.1, -0.05) is 24.3 Å². The number of fused-ring (bicyclic) bond motifs is 1. The molecule has 0 bridgehead atoms. The maximum atomic E-state index is 12.2. The average molecular weight is 320 g/mol. The van der Waals surface area contributed by atoms with Crippen molar-refractivity contribution < 1.29 is 4.79 Å². The summed E-state index contributed by atoms with van der Waals surface area (Å²) in [7, 11) is 0. The minimum absolute atomic E-state index is 0.262. The van der Waals surface area contributed by atoms with Crippen LogP contribution in [0.25, 0.3) is 21.6 Å². The molecule has 2 N–H and O–H groups in total. The lowest BCUT2D eigenvalue weighted by Gasteiger charge is -2.00. The first-order valence-corrected chi connectivity index (χ1v) is 7.93. The number of aromatic amines is 1. The number of anilines is 1. The maximum Gasteiger partial charge on any atom is 0.276 e. The summed E-state index contributed by atoms with van der Waals surface area (Å²) >= 11 is 1.43. The van der Waals surface area contributed by atoms with Gasteiger partial charge in [-0.05, 0) is 24.3 Å². The fourth-order valence-corrected chi connectivity index (χ4v) is 3.08. The van der Waals surface area contributed by atoms with Crippen molar-refractivity contribution in [1.82, 2.24) is 15.0 Å². The van der Waals surface area contributed by atoms with Crippen molar-refractivity contribution in [2.45, 2.75) is 0 Å². The molecule has 4 aromatic rings. The molecule has 112 valence electrons. The molecule has 0 saturated carbocycles. The number of nitrogens with zero attached hydrogens (tertiary/aromatic N) is 2. The predicted molar refractivity (Wildman–Crippen MR) is 91.6 cm³/mol. The third kappa shape index (κ3) is 2.72. The monoisotopic (exact) mass is 320 g/mol. The third-order valence-corrected chi connectivity index (χ3v) is 4.28. The van der Waals surface area contributed by atoms with Crippen LogP contribution in [0.4, 0.5) is 5.82 Å². The summed E-state index contributed by atoms with van der Waals surface area (Å²) in [6.07, 6.45) is 1.63. The molecule has 0 aliphatic rings. The molecule has 1 amide bonds. The second kappa shape index (κ2) is 5.66. The van der Waals surface area contributed by atoms with Gasteiger partial charge >= 0.3 is 0 Å². The van der Waals surface area contributed by atoms with E-state index in [1.54, 1.807) is 23.7 Å². The van der Waals surface area contributed by atoms with Gasteiger partial charge in [0.15, 0.2) is 0 Å². The lowest BCUT2D eigenvalue weighted by molar-refractivity contribution is 0.102. The Labute approximate surface area is 136 Å². The van der Waals surface area contributed by atoms with Crippen molar-refractivity contribution in [3.05, 3.63) is 65.8 Å². The van der Waals surface area contributed by atoms with Gasteiger partial charge in [0.1, 0.15) is 16.5 Å². The van der Waals surface area contributed by atoms with E-state index in [0.29, 0.717) is 11.5 Å². The lowest BCUT2D eigenvalue weighted by atomic mass is 10.2. The number of amides is 1. The number of rotatable bonds is 3. The summed E-state index contributed by atoms with van der Waals surface area (Å²) in [5, 5.41) is 6.39. The van der Waals surface area contributed by atoms with Crippen molar-refractivity contribution in [3.63, 3.8) is 0 Å². The van der Waals surface area contributed by atoms with E-state index >= 15 is 0 Å². The average Bonchev–Trinajstić information content (AvgIpc) is 3.22. The summed E-state index contributed by atoms with van der Waals surface area (Å²) in [5.74, 6) is 0.250. The van der Waals surface area contributed by atoms with Crippen LogP contribution in [-0.2, 0) is 0 Å². The highest BCUT2D eigenvalue weighted by molar-refractivity contribution is 7.13. The number of aromatic nitrogens is 3. The zero-order chi connectivity index (χ0) is 15.6. The van der Waals surface area contributed by atoms with Gasteiger partial charge in [-0.25, -0.2) is 9.97 Å². The number of hydrogen-bond acceptors (Lipinski definition) is 4. The Morgan fingerprint density at radius 2 is 2.00 bits per heavy atom. The lowest BCUT2D eigenvalue weighted by Crippen LogP contribution is -2.13. The van der Waals surface area contributed by atoms with Gasteiger partial charge in [0.05, 0.1) is 5.69 Å². The summed E-state index contributed by atoms with van der Waals surface area (Å²) in [5.41, 5.74) is 2.35. The minimum atomic E-state index is -0.262. The molecule has 0 aliphatic heterocycles. The Bertz CT molecular complexity index is 941. The minimum Gasteiger partial charge on any atom is -0.353 e. The molecule has 0 unspecified atom stereocenters. The molecule has 4 rings (SSSR count). The summed E-state index contributed by atoms with van der Waals surface area (Å²) in [6.45, 7) is 0. The van der Waals surface area contributed by atoms with Gasteiger partial charge in [0, 0.05) is 22.5 Å². The van der Waals surface area contributed by atoms with E-state index < -0.39 is 0 Å². The van der Waals surface area contributed by atoms with Crippen LogP contribution in [0.2, 0.25) is 0 Å². The van der Waals surface area contributed by atoms with Crippen LogP contribution in [-0.4, -0.2) is 20.9 Å². The van der Waals surface area contributed by atoms with E-state index in [-0.39, 0.29) is 5.91 Å². The second-order valence-corrected chi connectivity index (χ2v) is 5.84. The molecule has 3 heterocycles. The SMILES string of the molecule is O=C(Nc1ccccn1)c1csc(-c2cc3ccccc3[nH]2)n1. The van der Waals surface area contributed by atoms with Crippen LogP contribution in [0.15, 0.2) is 60.1 Å². The van der Waals surface area contributed by atoms with Crippen LogP contribution < -0.4 is 5.32 Å². The normalized spacial score (nSPS) is 10.8. The molecule has 1 aromatic carbocycles. The highest BCUT2D eigenvalue weighted by Gasteiger charge is 2.13. The summed E-state index contributed by atoms with van der Waals surface area (Å²) < 4.78 is 0. The zero-order valence-corrected chi connectivity index (χ0v) is 12.8. The van der Waals surface area contributed by atoms with Crippen molar-refractivity contribution in [2.75, 3.05) is 5.32 Å². The topological polar surface area (TPSA) is 70.7 Å². The number of pyridine rings is 1. The molecule has 0 atom stereocenters. The molecule has 0 spiro atoms. The summed E-state index contributed by atoms with van der Waals surface area (Å²) in [4.78, 5) is 24.0. The van der Waals surface area contributed by atoms with Gasteiger partial charge in [-0.3, -0.25) is 4.79 Å². The van der Waals surface area contributed by atoms with Crippen LogP contribution >= 0.6 is 11.3 Å². The Morgan fingerprint density at radius 3 is 2.83 bits per heavy atom. The molecule has 0 fully saturated rings. The number of carbonyl (C=O) groups excluding carboxylic acids is 1. The van der Waals surface area contributed by atoms with Gasteiger partial charge in [-0.2, -0.15) is 0 Å². The first-order valence-electron chi connectivity index (χ1n) is 7.06. The number of nitrogens with one attached hydrogen (secondary N) is 2. The second-order valence-electron chi connectivity index (χ2n) is 4.98. The predicted octanol–water partition coefficient (Wildman–Crippen LogP) is 3.94. The van der Waals surface area contributed by atoms with Crippen molar-refractivity contribution in [3.8, 4) is 10.7 Å². The van der Waals surface area contributed by atoms with Gasteiger partial charge < -0.3 is 10.3 Å². The molecular formula is C17H12N4OS. The number of thiazole rings is 1. The van der Waals surface area contributed by atoms with Gasteiger partial charge in [-0.15, -0.1) is 11.3 Å². The van der Waals surface area contributed by atoms with E-state index in [4.69, 9.17) is 0 Å². The number of H-pyrrole nitrogens is 1. The maximum absolute atomic E-state index is 12.2. The van der Waals surface area contributed by atoms with E-state index in [9.17, 15) is 4.79 Å². The Balaban J connectivity index is 1.60. The van der Waals surface area contributed by atoms with Crippen LogP contribution in [0.5, 0.6) is 0 Å². The number of carbonyl (C=O) groups is 1. The Morgan fingerprint density at radius 1 is 1.13 bits per heavy atom. The molecule has 3 aromatic heterocycles. The molecule has 5 nitrogen and oxygen atoms in total. The standard InChI is InChI=1S/C17H12N4OS/c22-16(21-15-7-3-4-8-18-15)14-10-23-17(20-14)13-9-11-5-1-2-6-12(11)19-13/h1-10,19H,(H,18,21,22). The highest BCUT2D eigenvalue weighted by atomic mass is 32.1. The van der Waals surface area contributed by atoms with E-state index in [2.05, 4.69) is 20.3 Å². The molecule has 6 heteroatoms. The highest BCUT2D eigenvalue weighted by Crippen LogP contribution is 2.27. The van der Waals surface area contributed by atoms with Gasteiger partial charge in [0.25, 0.3) is 5.91 Å². The van der Waals surface area contributed by atoms with Crippen LogP contribution in [0.3, 0.4) is 0 Å². The molecule has 0 radical (unpaired) electrons. The molecule has 23 heavy (non-hydrogen) atoms. The smallest absolute Gasteiger partial charge is 0.276 e. The first kappa shape index (κ1) is 13.7. The molecular weight excluding hydrogens is 308 g/mol. The van der Waals surface area contributed by atoms with Crippen LogP contribution in [0.1, 0.15) is 10.5 Å². The van der Waals surface area contributed by atoms with E-state index in [1.165, 1.54) is 11.3 Å². The van der Waals surface area contributed by atoms with E-state index in [0.717, 1.165) is 21.6 Å². The number of benzene rings is 1. The Kier molecular flexibility index (Phi) is 3.36. The zero-order valence-electron chi connectivity index (χ0n) is 12.0. The van der Waals surface area contributed by atoms with Gasteiger partial charge in [0.2, 0.25) is 0 Å². The van der Waals surface area contributed by atoms with Crippen molar-refractivity contribution >= 4 is 34.0 Å². The Hall–Kier alpha value is -2.99. The van der Waals surface area contributed by atoms with E-state index in [1.807, 2.05) is 36.4 Å². The quantitative estimate of drug-likeness (QED) is 0.600. The van der Waals surface area contributed by atoms with Crippen molar-refractivity contribution in [2.24, 2.45) is 0 Å². The fourth-order valence-electron chi connectivity index (χ4n) is 2.31.